The van der Waals surface area contributed by atoms with E-state index in [4.69, 9.17) is 9.73 Å². The van der Waals surface area contributed by atoms with Crippen molar-refractivity contribution in [2.75, 3.05) is 33.3 Å². The van der Waals surface area contributed by atoms with E-state index in [1.807, 2.05) is 6.07 Å². The molecular formula is C30H32F2N4O2. The van der Waals surface area contributed by atoms with Gasteiger partial charge in [0, 0.05) is 18.8 Å². The highest BCUT2D eigenvalue weighted by molar-refractivity contribution is 6.09. The van der Waals surface area contributed by atoms with Crippen LogP contribution in [-0.2, 0) is 10.3 Å². The molecule has 0 radical (unpaired) electrons. The van der Waals surface area contributed by atoms with E-state index in [1.165, 1.54) is 29.8 Å². The lowest BCUT2D eigenvalue weighted by Gasteiger charge is -2.33. The van der Waals surface area contributed by atoms with E-state index in [1.54, 1.807) is 49.4 Å². The number of pyridine rings is 1. The van der Waals surface area contributed by atoms with E-state index in [9.17, 15) is 13.6 Å². The quantitative estimate of drug-likeness (QED) is 0.414. The summed E-state index contributed by atoms with van der Waals surface area (Å²) in [5.41, 5.74) is 0.793. The summed E-state index contributed by atoms with van der Waals surface area (Å²) in [6.07, 6.45) is 4.70. The van der Waals surface area contributed by atoms with Gasteiger partial charge in [-0.15, -0.1) is 0 Å². The highest BCUT2D eigenvalue weighted by Gasteiger charge is 2.50. The second kappa shape index (κ2) is 11.0. The fourth-order valence-electron chi connectivity index (χ4n) is 5.64. The number of piperidine rings is 1. The van der Waals surface area contributed by atoms with Crippen molar-refractivity contribution in [3.05, 3.63) is 95.2 Å². The standard InChI is InChI=1S/C30H32F2N4O2/c1-21-34-30(24-7-9-26(31)10-8-24,25-5-3-6-27(32)20-25)29(37)36(21)16-4-15-35-17-12-22(13-18-35)23-11-14-33-28(19-23)38-2/h3,5-11,14,19-20,22H,4,12-13,15-18H2,1-2H3. The van der Waals surface area contributed by atoms with Crippen molar-refractivity contribution < 1.29 is 18.3 Å². The van der Waals surface area contributed by atoms with E-state index in [0.29, 0.717) is 35.3 Å². The van der Waals surface area contributed by atoms with Crippen LogP contribution in [0.25, 0.3) is 0 Å². The van der Waals surface area contributed by atoms with Crippen molar-refractivity contribution in [1.82, 2.24) is 14.8 Å². The zero-order valence-electron chi connectivity index (χ0n) is 21.7. The third-order valence-electron chi connectivity index (χ3n) is 7.66. The van der Waals surface area contributed by atoms with E-state index < -0.39 is 17.2 Å². The highest BCUT2D eigenvalue weighted by atomic mass is 19.1. The number of ether oxygens (including phenoxy) is 1. The molecule has 2 aliphatic rings. The molecular weight excluding hydrogens is 486 g/mol. The molecule has 1 fully saturated rings. The summed E-state index contributed by atoms with van der Waals surface area (Å²) in [6.45, 7) is 5.15. The molecule has 0 saturated carbocycles. The minimum absolute atomic E-state index is 0.238. The van der Waals surface area contributed by atoms with Crippen LogP contribution in [0.15, 0.2) is 71.9 Å². The molecule has 2 aliphatic heterocycles. The SMILES string of the molecule is COc1cc(C2CCN(CCCN3C(=O)C(c4ccc(F)cc4)(c4cccc(F)c4)N=C3C)CC2)ccn1. The van der Waals surface area contributed by atoms with E-state index >= 15 is 0 Å². The zero-order chi connectivity index (χ0) is 26.7. The summed E-state index contributed by atoms with van der Waals surface area (Å²) >= 11 is 0. The Morgan fingerprint density at radius 3 is 2.45 bits per heavy atom. The molecule has 5 rings (SSSR count). The van der Waals surface area contributed by atoms with Gasteiger partial charge in [-0.1, -0.05) is 24.3 Å². The smallest absolute Gasteiger partial charge is 0.265 e. The first-order valence-electron chi connectivity index (χ1n) is 13.0. The number of hydrogen-bond donors (Lipinski definition) is 0. The van der Waals surface area contributed by atoms with Gasteiger partial charge in [-0.25, -0.2) is 18.8 Å². The molecule has 0 aliphatic carbocycles. The summed E-state index contributed by atoms with van der Waals surface area (Å²) in [5.74, 6) is 0.619. The molecule has 1 unspecified atom stereocenters. The maximum absolute atomic E-state index is 14.2. The fraction of sp³-hybridized carbons (Fsp3) is 0.367. The average Bonchev–Trinajstić information content (AvgIpc) is 3.19. The zero-order valence-corrected chi connectivity index (χ0v) is 21.7. The molecule has 198 valence electrons. The molecule has 1 aromatic heterocycles. The van der Waals surface area contributed by atoms with Crippen LogP contribution in [0.5, 0.6) is 5.88 Å². The predicted octanol–water partition coefficient (Wildman–Crippen LogP) is 5.14. The lowest BCUT2D eigenvalue weighted by Crippen LogP contribution is -2.43. The van der Waals surface area contributed by atoms with Crippen molar-refractivity contribution in [2.24, 2.45) is 4.99 Å². The van der Waals surface area contributed by atoms with E-state index in [0.717, 1.165) is 38.9 Å². The third kappa shape index (κ3) is 5.05. The Balaban J connectivity index is 1.25. The number of methoxy groups -OCH3 is 1. The number of carbonyl (C=O) groups excluding carboxylic acids is 1. The Bertz CT molecular complexity index is 1320. The van der Waals surface area contributed by atoms with Crippen LogP contribution in [0.1, 0.15) is 48.8 Å². The third-order valence-corrected chi connectivity index (χ3v) is 7.66. The van der Waals surface area contributed by atoms with Crippen LogP contribution < -0.4 is 4.74 Å². The van der Waals surface area contributed by atoms with Crippen molar-refractivity contribution in [1.29, 1.82) is 0 Å². The molecule has 1 atom stereocenters. The van der Waals surface area contributed by atoms with Crippen LogP contribution in [0, 0.1) is 11.6 Å². The summed E-state index contributed by atoms with van der Waals surface area (Å²) < 4.78 is 33.2. The number of amides is 1. The van der Waals surface area contributed by atoms with Crippen molar-refractivity contribution in [3.63, 3.8) is 0 Å². The van der Waals surface area contributed by atoms with Crippen LogP contribution >= 0.6 is 0 Å². The number of likely N-dealkylation sites (tertiary alicyclic amines) is 1. The Kier molecular flexibility index (Phi) is 7.51. The van der Waals surface area contributed by atoms with E-state index in [2.05, 4.69) is 16.0 Å². The van der Waals surface area contributed by atoms with Crippen LogP contribution in [0.2, 0.25) is 0 Å². The van der Waals surface area contributed by atoms with Crippen molar-refractivity contribution in [2.45, 2.75) is 37.6 Å². The number of hydrogen-bond acceptors (Lipinski definition) is 5. The molecule has 6 nitrogen and oxygen atoms in total. The second-order valence-electron chi connectivity index (χ2n) is 9.94. The molecule has 1 saturated heterocycles. The van der Waals surface area contributed by atoms with Gasteiger partial charge in [0.15, 0.2) is 5.54 Å². The summed E-state index contributed by atoms with van der Waals surface area (Å²) in [5, 5.41) is 0. The number of aromatic nitrogens is 1. The molecule has 38 heavy (non-hydrogen) atoms. The number of carbonyl (C=O) groups is 1. The van der Waals surface area contributed by atoms with Crippen LogP contribution in [-0.4, -0.2) is 59.8 Å². The molecule has 3 aromatic rings. The Labute approximate surface area is 222 Å². The second-order valence-corrected chi connectivity index (χ2v) is 9.94. The Morgan fingerprint density at radius 2 is 1.74 bits per heavy atom. The number of halogens is 2. The van der Waals surface area contributed by atoms with Gasteiger partial charge in [0.05, 0.1) is 7.11 Å². The first-order chi connectivity index (χ1) is 18.4. The van der Waals surface area contributed by atoms with Gasteiger partial charge >= 0.3 is 0 Å². The maximum Gasteiger partial charge on any atom is 0.265 e. The lowest BCUT2D eigenvalue weighted by atomic mass is 9.82. The number of benzene rings is 2. The number of amidine groups is 1. The van der Waals surface area contributed by atoms with Gasteiger partial charge in [-0.05, 0) is 98.8 Å². The Morgan fingerprint density at radius 1 is 0.974 bits per heavy atom. The molecule has 3 heterocycles. The van der Waals surface area contributed by atoms with Crippen LogP contribution in [0.4, 0.5) is 8.78 Å². The molecule has 8 heteroatoms. The van der Waals surface area contributed by atoms with Gasteiger partial charge in [-0.2, -0.15) is 0 Å². The Hall–Kier alpha value is -3.65. The van der Waals surface area contributed by atoms with Gasteiger partial charge in [0.25, 0.3) is 5.91 Å². The van der Waals surface area contributed by atoms with E-state index in [-0.39, 0.29) is 5.91 Å². The lowest BCUT2D eigenvalue weighted by molar-refractivity contribution is -0.130. The topological polar surface area (TPSA) is 58.0 Å². The normalized spacial score (nSPS) is 20.6. The fourth-order valence-corrected chi connectivity index (χ4v) is 5.64. The first-order valence-corrected chi connectivity index (χ1v) is 13.0. The minimum atomic E-state index is -1.43. The minimum Gasteiger partial charge on any atom is -0.481 e. The van der Waals surface area contributed by atoms with Gasteiger partial charge in [-0.3, -0.25) is 9.69 Å². The monoisotopic (exact) mass is 518 g/mol. The first kappa shape index (κ1) is 26.0. The number of aliphatic imine (C=N–C) groups is 1. The number of rotatable bonds is 8. The molecule has 1 amide bonds. The summed E-state index contributed by atoms with van der Waals surface area (Å²) in [7, 11) is 1.63. The molecule has 2 aromatic carbocycles. The van der Waals surface area contributed by atoms with Crippen molar-refractivity contribution in [3.8, 4) is 5.88 Å². The largest absolute Gasteiger partial charge is 0.481 e. The molecule has 0 N–H and O–H groups in total. The molecule has 0 spiro atoms. The maximum atomic E-state index is 14.2. The average molecular weight is 519 g/mol. The predicted molar refractivity (Wildman–Crippen MR) is 142 cm³/mol. The van der Waals surface area contributed by atoms with Crippen molar-refractivity contribution >= 4 is 11.7 Å². The highest BCUT2D eigenvalue weighted by Crippen LogP contribution is 2.40. The van der Waals surface area contributed by atoms with Crippen LogP contribution in [0.3, 0.4) is 0 Å². The number of nitrogens with zero attached hydrogens (tertiary/aromatic N) is 4. The molecule has 0 bridgehead atoms. The van der Waals surface area contributed by atoms with Gasteiger partial charge < -0.3 is 9.64 Å². The van der Waals surface area contributed by atoms with Gasteiger partial charge in [0.2, 0.25) is 5.88 Å². The van der Waals surface area contributed by atoms with Gasteiger partial charge in [0.1, 0.15) is 17.5 Å². The summed E-state index contributed by atoms with van der Waals surface area (Å²) in [6, 6.07) is 15.8. The summed E-state index contributed by atoms with van der Waals surface area (Å²) in [4.78, 5) is 27.0.